The van der Waals surface area contributed by atoms with Crippen LogP contribution in [0.2, 0.25) is 0 Å². The minimum atomic E-state index is -0.158. The Kier molecular flexibility index (Phi) is 3.83. The highest BCUT2D eigenvalue weighted by Gasteiger charge is 2.59. The molecular formula is C21H28O3. The van der Waals surface area contributed by atoms with Crippen LogP contribution in [0.15, 0.2) is 23.8 Å². The summed E-state index contributed by atoms with van der Waals surface area (Å²) >= 11 is 0. The van der Waals surface area contributed by atoms with E-state index < -0.39 is 0 Å². The maximum atomic E-state index is 12.0. The number of aliphatic hydroxyl groups is 1. The quantitative estimate of drug-likeness (QED) is 0.622. The van der Waals surface area contributed by atoms with E-state index in [4.69, 9.17) is 0 Å². The molecule has 3 nitrogen and oxygen atoms in total. The van der Waals surface area contributed by atoms with Crippen LogP contribution in [0.1, 0.15) is 58.3 Å². The summed E-state index contributed by atoms with van der Waals surface area (Å²) in [5, 5.41) is 10.5. The molecule has 4 aliphatic rings. The van der Waals surface area contributed by atoms with E-state index in [1.54, 1.807) is 6.08 Å². The smallest absolute Gasteiger partial charge is 0.155 e. The minimum Gasteiger partial charge on any atom is -0.393 e. The van der Waals surface area contributed by atoms with Gasteiger partial charge in [-0.05, 0) is 80.3 Å². The Hall–Kier alpha value is -1.22. The molecule has 0 aromatic carbocycles. The van der Waals surface area contributed by atoms with Crippen LogP contribution in [0, 0.1) is 28.6 Å². The van der Waals surface area contributed by atoms with Gasteiger partial charge in [0.05, 0.1) is 6.10 Å². The number of hydrogen-bond acceptors (Lipinski definition) is 3. The van der Waals surface area contributed by atoms with E-state index in [0.717, 1.165) is 51.2 Å². The van der Waals surface area contributed by atoms with Crippen molar-refractivity contribution >= 4 is 12.1 Å². The second-order valence-electron chi connectivity index (χ2n) is 8.72. The Labute approximate surface area is 144 Å². The van der Waals surface area contributed by atoms with Crippen molar-refractivity contribution < 1.29 is 14.7 Å². The lowest BCUT2D eigenvalue weighted by Gasteiger charge is -2.57. The van der Waals surface area contributed by atoms with E-state index in [0.29, 0.717) is 24.2 Å². The zero-order valence-corrected chi connectivity index (χ0v) is 14.5. The third kappa shape index (κ3) is 2.13. The number of ketones is 1. The van der Waals surface area contributed by atoms with Crippen molar-refractivity contribution in [1.82, 2.24) is 0 Å². The minimum absolute atomic E-state index is 0.0719. The van der Waals surface area contributed by atoms with Gasteiger partial charge in [0.25, 0.3) is 0 Å². The SMILES string of the molecule is CC12CCC3C(CCC4=CC(=O)CCC43/C=C\C=O)C1CCC2O. The summed E-state index contributed by atoms with van der Waals surface area (Å²) in [7, 11) is 0. The number of aliphatic hydroxyl groups excluding tert-OH is 1. The lowest BCUT2D eigenvalue weighted by molar-refractivity contribution is -0.117. The summed E-state index contributed by atoms with van der Waals surface area (Å²) in [6.07, 6.45) is 14.2. The van der Waals surface area contributed by atoms with Gasteiger partial charge < -0.3 is 5.11 Å². The Morgan fingerprint density at radius 3 is 2.75 bits per heavy atom. The molecule has 0 bridgehead atoms. The van der Waals surface area contributed by atoms with Gasteiger partial charge in [-0.15, -0.1) is 0 Å². The van der Waals surface area contributed by atoms with Crippen molar-refractivity contribution in [2.75, 3.05) is 0 Å². The number of aldehydes is 1. The predicted octanol–water partition coefficient (Wildman–Crippen LogP) is 3.61. The molecule has 1 N–H and O–H groups in total. The second-order valence-corrected chi connectivity index (χ2v) is 8.72. The average molecular weight is 328 g/mol. The zero-order valence-electron chi connectivity index (χ0n) is 14.5. The zero-order chi connectivity index (χ0) is 16.9. The normalized spacial score (nSPS) is 47.8. The van der Waals surface area contributed by atoms with Crippen LogP contribution in [0.5, 0.6) is 0 Å². The maximum absolute atomic E-state index is 12.0. The molecule has 3 saturated carbocycles. The standard InChI is InChI=1S/C21H28O3/c1-20-10-8-18-16(17(20)5-6-19(20)24)4-3-14-13-15(23)7-11-21(14,18)9-2-12-22/h2,9,12-13,16-19,24H,3-8,10-11H2,1H3/b9-2-. The summed E-state index contributed by atoms with van der Waals surface area (Å²) in [6, 6.07) is 0. The largest absolute Gasteiger partial charge is 0.393 e. The van der Waals surface area contributed by atoms with Gasteiger partial charge in [0, 0.05) is 11.8 Å². The number of rotatable bonds is 2. The summed E-state index contributed by atoms with van der Waals surface area (Å²) in [5.74, 6) is 1.97. The molecule has 0 aromatic rings. The first-order valence-corrected chi connectivity index (χ1v) is 9.56. The fraction of sp³-hybridized carbons (Fsp3) is 0.714. The van der Waals surface area contributed by atoms with Crippen LogP contribution in [-0.4, -0.2) is 23.3 Å². The first kappa shape index (κ1) is 16.3. The van der Waals surface area contributed by atoms with Crippen LogP contribution in [0.4, 0.5) is 0 Å². The number of carbonyl (C=O) groups is 2. The Bertz CT molecular complexity index is 619. The van der Waals surface area contributed by atoms with Gasteiger partial charge in [-0.25, -0.2) is 0 Å². The third-order valence-corrected chi connectivity index (χ3v) is 7.99. The number of fused-ring (bicyclic) bond motifs is 5. The van der Waals surface area contributed by atoms with Gasteiger partial charge in [-0.1, -0.05) is 18.6 Å². The van der Waals surface area contributed by atoms with Crippen molar-refractivity contribution in [3.05, 3.63) is 23.8 Å². The number of allylic oxidation sites excluding steroid dienone is 3. The third-order valence-electron chi connectivity index (χ3n) is 7.99. The van der Waals surface area contributed by atoms with Crippen LogP contribution < -0.4 is 0 Å². The topological polar surface area (TPSA) is 54.4 Å². The van der Waals surface area contributed by atoms with Gasteiger partial charge in [0.2, 0.25) is 0 Å². The molecular weight excluding hydrogens is 300 g/mol. The molecule has 0 aliphatic heterocycles. The molecule has 130 valence electrons. The highest BCUT2D eigenvalue weighted by molar-refractivity contribution is 5.92. The van der Waals surface area contributed by atoms with E-state index in [9.17, 15) is 14.7 Å². The van der Waals surface area contributed by atoms with Gasteiger partial charge in [0.15, 0.2) is 5.78 Å². The molecule has 0 spiro atoms. The fourth-order valence-corrected chi connectivity index (χ4v) is 6.77. The van der Waals surface area contributed by atoms with E-state index >= 15 is 0 Å². The molecule has 3 fully saturated rings. The van der Waals surface area contributed by atoms with Crippen molar-refractivity contribution in [2.45, 2.75) is 64.4 Å². The second kappa shape index (κ2) is 5.66. The summed E-state index contributed by atoms with van der Waals surface area (Å²) in [6.45, 7) is 2.29. The van der Waals surface area contributed by atoms with E-state index in [2.05, 4.69) is 13.0 Å². The molecule has 3 heteroatoms. The van der Waals surface area contributed by atoms with Crippen LogP contribution in [-0.2, 0) is 9.59 Å². The summed E-state index contributed by atoms with van der Waals surface area (Å²) < 4.78 is 0. The molecule has 6 atom stereocenters. The molecule has 0 saturated heterocycles. The Balaban J connectivity index is 1.75. The first-order chi connectivity index (χ1) is 11.5. The highest BCUT2D eigenvalue weighted by Crippen LogP contribution is 2.65. The molecule has 24 heavy (non-hydrogen) atoms. The molecule has 4 aliphatic carbocycles. The lowest BCUT2D eigenvalue weighted by atomic mass is 9.47. The van der Waals surface area contributed by atoms with E-state index in [1.165, 1.54) is 5.57 Å². The molecule has 0 radical (unpaired) electrons. The van der Waals surface area contributed by atoms with E-state index in [-0.39, 0.29) is 22.7 Å². The summed E-state index contributed by atoms with van der Waals surface area (Å²) in [4.78, 5) is 23.0. The van der Waals surface area contributed by atoms with Gasteiger partial charge in [0.1, 0.15) is 6.29 Å². The highest BCUT2D eigenvalue weighted by atomic mass is 16.3. The van der Waals surface area contributed by atoms with Crippen LogP contribution in [0.25, 0.3) is 0 Å². The number of hydrogen-bond donors (Lipinski definition) is 1. The monoisotopic (exact) mass is 328 g/mol. The lowest BCUT2D eigenvalue weighted by Crippen LogP contribution is -2.51. The van der Waals surface area contributed by atoms with Crippen molar-refractivity contribution in [3.8, 4) is 0 Å². The first-order valence-electron chi connectivity index (χ1n) is 9.56. The van der Waals surface area contributed by atoms with Crippen molar-refractivity contribution in [3.63, 3.8) is 0 Å². The Morgan fingerprint density at radius 2 is 1.96 bits per heavy atom. The molecule has 6 unspecified atom stereocenters. The van der Waals surface area contributed by atoms with Crippen molar-refractivity contribution in [1.29, 1.82) is 0 Å². The number of carbonyl (C=O) groups excluding carboxylic acids is 2. The summed E-state index contributed by atoms with van der Waals surface area (Å²) in [5.41, 5.74) is 1.25. The molecule has 0 heterocycles. The van der Waals surface area contributed by atoms with Crippen LogP contribution >= 0.6 is 0 Å². The van der Waals surface area contributed by atoms with Gasteiger partial charge >= 0.3 is 0 Å². The maximum Gasteiger partial charge on any atom is 0.155 e. The van der Waals surface area contributed by atoms with Crippen LogP contribution in [0.3, 0.4) is 0 Å². The average Bonchev–Trinajstić information content (AvgIpc) is 2.88. The molecule has 4 rings (SSSR count). The van der Waals surface area contributed by atoms with Crippen molar-refractivity contribution in [2.24, 2.45) is 28.6 Å². The van der Waals surface area contributed by atoms with E-state index in [1.807, 2.05) is 6.08 Å². The predicted molar refractivity (Wildman–Crippen MR) is 92.2 cm³/mol. The fourth-order valence-electron chi connectivity index (χ4n) is 6.77. The molecule has 0 amide bonds. The van der Waals surface area contributed by atoms with Gasteiger partial charge in [-0.3, -0.25) is 9.59 Å². The van der Waals surface area contributed by atoms with Gasteiger partial charge in [-0.2, -0.15) is 0 Å². The molecule has 0 aromatic heterocycles. The Morgan fingerprint density at radius 1 is 1.12 bits per heavy atom.